The Bertz CT molecular complexity index is 422. The van der Waals surface area contributed by atoms with Crippen molar-refractivity contribution in [2.45, 2.75) is 6.54 Å². The average molecular weight is 234 g/mol. The van der Waals surface area contributed by atoms with Gasteiger partial charge in [-0.05, 0) is 35.8 Å². The number of anilines is 2. The molecule has 0 aliphatic heterocycles. The molecule has 0 atom stereocenters. The molecular formula is C11H14N4S. The maximum absolute atomic E-state index is 3.97. The van der Waals surface area contributed by atoms with Crippen LogP contribution in [0.3, 0.4) is 0 Å². The highest BCUT2D eigenvalue weighted by molar-refractivity contribution is 7.03. The highest BCUT2D eigenvalue weighted by Gasteiger charge is 1.98. The van der Waals surface area contributed by atoms with Gasteiger partial charge >= 0.3 is 0 Å². The van der Waals surface area contributed by atoms with E-state index in [1.54, 1.807) is 0 Å². The van der Waals surface area contributed by atoms with E-state index in [1.807, 2.05) is 19.5 Å². The molecule has 0 saturated heterocycles. The van der Waals surface area contributed by atoms with Gasteiger partial charge in [-0.1, -0.05) is 4.49 Å². The van der Waals surface area contributed by atoms with Gasteiger partial charge in [0.05, 0.1) is 12.2 Å². The number of rotatable bonds is 4. The van der Waals surface area contributed by atoms with E-state index >= 15 is 0 Å². The first-order valence-electron chi connectivity index (χ1n) is 5.03. The molecule has 0 aliphatic carbocycles. The first-order chi connectivity index (χ1) is 7.75. The summed E-state index contributed by atoms with van der Waals surface area (Å²) in [6, 6.07) is 8.30. The van der Waals surface area contributed by atoms with Crippen LogP contribution in [0, 0.1) is 0 Å². The minimum atomic E-state index is 0.720. The van der Waals surface area contributed by atoms with Crippen LogP contribution in [0.1, 0.15) is 5.69 Å². The molecular weight excluding hydrogens is 220 g/mol. The van der Waals surface area contributed by atoms with Crippen molar-refractivity contribution in [1.82, 2.24) is 9.59 Å². The van der Waals surface area contributed by atoms with E-state index < -0.39 is 0 Å². The van der Waals surface area contributed by atoms with Crippen LogP contribution in [0.4, 0.5) is 11.4 Å². The summed E-state index contributed by atoms with van der Waals surface area (Å²) in [6.07, 6.45) is 0. The summed E-state index contributed by atoms with van der Waals surface area (Å²) >= 11 is 1.37. The summed E-state index contributed by atoms with van der Waals surface area (Å²) in [5.74, 6) is 0. The minimum absolute atomic E-state index is 0.720. The Morgan fingerprint density at radius 3 is 2.56 bits per heavy atom. The maximum Gasteiger partial charge on any atom is 0.0946 e. The Morgan fingerprint density at radius 2 is 2.00 bits per heavy atom. The quantitative estimate of drug-likeness (QED) is 0.880. The van der Waals surface area contributed by atoms with Gasteiger partial charge in [0.2, 0.25) is 0 Å². The van der Waals surface area contributed by atoms with E-state index in [0.29, 0.717) is 0 Å². The number of hydrogen-bond acceptors (Lipinski definition) is 5. The third-order valence-electron chi connectivity index (χ3n) is 2.26. The van der Waals surface area contributed by atoms with E-state index in [-0.39, 0.29) is 0 Å². The molecule has 0 aliphatic rings. The molecule has 0 unspecified atom stereocenters. The van der Waals surface area contributed by atoms with Crippen LogP contribution < -0.4 is 10.2 Å². The SMILES string of the molecule is CN(C)c1ccc(NCc2csnn2)cc1. The van der Waals surface area contributed by atoms with Crippen molar-refractivity contribution < 1.29 is 0 Å². The molecule has 84 valence electrons. The second kappa shape index (κ2) is 4.94. The van der Waals surface area contributed by atoms with Gasteiger partial charge in [0.1, 0.15) is 0 Å². The van der Waals surface area contributed by atoms with Crippen molar-refractivity contribution in [3.63, 3.8) is 0 Å². The molecule has 0 saturated carbocycles. The van der Waals surface area contributed by atoms with Crippen LogP contribution in [0.15, 0.2) is 29.6 Å². The monoisotopic (exact) mass is 234 g/mol. The van der Waals surface area contributed by atoms with Gasteiger partial charge in [-0.25, -0.2) is 0 Å². The van der Waals surface area contributed by atoms with Crippen molar-refractivity contribution in [3.8, 4) is 0 Å². The molecule has 1 aromatic carbocycles. The van der Waals surface area contributed by atoms with Gasteiger partial charge in [-0.15, -0.1) is 5.10 Å². The Morgan fingerprint density at radius 1 is 1.25 bits per heavy atom. The van der Waals surface area contributed by atoms with Crippen LogP contribution in [-0.2, 0) is 6.54 Å². The van der Waals surface area contributed by atoms with Crippen LogP contribution in [0.25, 0.3) is 0 Å². The van der Waals surface area contributed by atoms with Crippen molar-refractivity contribution >= 4 is 22.9 Å². The molecule has 5 heteroatoms. The zero-order chi connectivity index (χ0) is 11.4. The van der Waals surface area contributed by atoms with Gasteiger partial charge in [-0.2, -0.15) is 0 Å². The van der Waals surface area contributed by atoms with Gasteiger partial charge in [0.15, 0.2) is 0 Å². The number of benzene rings is 1. The summed E-state index contributed by atoms with van der Waals surface area (Å²) in [7, 11) is 4.06. The van der Waals surface area contributed by atoms with Crippen molar-refractivity contribution in [2.75, 3.05) is 24.3 Å². The predicted octanol–water partition coefficient (Wildman–Crippen LogP) is 2.22. The van der Waals surface area contributed by atoms with E-state index in [9.17, 15) is 0 Å². The summed E-state index contributed by atoms with van der Waals surface area (Å²) in [6.45, 7) is 0.720. The van der Waals surface area contributed by atoms with E-state index in [2.05, 4.69) is 44.1 Å². The van der Waals surface area contributed by atoms with Gasteiger partial charge in [0, 0.05) is 30.9 Å². The lowest BCUT2D eigenvalue weighted by Gasteiger charge is -2.13. The number of hydrogen-bond donors (Lipinski definition) is 1. The molecule has 2 aromatic rings. The fraction of sp³-hybridized carbons (Fsp3) is 0.273. The highest BCUT2D eigenvalue weighted by atomic mass is 32.1. The molecule has 2 rings (SSSR count). The lowest BCUT2D eigenvalue weighted by molar-refractivity contribution is 0.998. The Balaban J connectivity index is 1.95. The first-order valence-corrected chi connectivity index (χ1v) is 5.86. The number of nitrogens with one attached hydrogen (secondary N) is 1. The van der Waals surface area contributed by atoms with E-state index in [0.717, 1.165) is 17.9 Å². The van der Waals surface area contributed by atoms with Crippen LogP contribution in [0.2, 0.25) is 0 Å². The Kier molecular flexibility index (Phi) is 3.36. The largest absolute Gasteiger partial charge is 0.379 e. The summed E-state index contributed by atoms with van der Waals surface area (Å²) < 4.78 is 3.82. The zero-order valence-corrected chi connectivity index (χ0v) is 10.2. The maximum atomic E-state index is 3.97. The first kappa shape index (κ1) is 10.9. The molecule has 0 bridgehead atoms. The van der Waals surface area contributed by atoms with Gasteiger partial charge in [0.25, 0.3) is 0 Å². The topological polar surface area (TPSA) is 41.0 Å². The zero-order valence-electron chi connectivity index (χ0n) is 9.34. The minimum Gasteiger partial charge on any atom is -0.379 e. The molecule has 1 aromatic heterocycles. The van der Waals surface area contributed by atoms with Gasteiger partial charge in [-0.3, -0.25) is 0 Å². The second-order valence-corrected chi connectivity index (χ2v) is 4.30. The lowest BCUT2D eigenvalue weighted by Crippen LogP contribution is -2.08. The molecule has 1 N–H and O–H groups in total. The van der Waals surface area contributed by atoms with Crippen LogP contribution in [0.5, 0.6) is 0 Å². The summed E-state index contributed by atoms with van der Waals surface area (Å²) in [4.78, 5) is 2.08. The molecule has 4 nitrogen and oxygen atoms in total. The number of aromatic nitrogens is 2. The third-order valence-corrected chi connectivity index (χ3v) is 2.82. The van der Waals surface area contributed by atoms with Crippen LogP contribution >= 0.6 is 11.5 Å². The lowest BCUT2D eigenvalue weighted by atomic mass is 10.2. The van der Waals surface area contributed by atoms with Crippen molar-refractivity contribution in [1.29, 1.82) is 0 Å². The fourth-order valence-electron chi connectivity index (χ4n) is 1.33. The van der Waals surface area contributed by atoms with E-state index in [1.165, 1.54) is 17.2 Å². The third kappa shape index (κ3) is 2.70. The molecule has 0 fully saturated rings. The standard InChI is InChI=1S/C11H14N4S/c1-15(2)11-5-3-9(4-6-11)12-7-10-8-16-14-13-10/h3-6,8,12H,7H2,1-2H3. The summed E-state index contributed by atoms with van der Waals surface area (Å²) in [5, 5.41) is 9.22. The smallest absolute Gasteiger partial charge is 0.0946 e. The normalized spacial score (nSPS) is 10.1. The predicted molar refractivity (Wildman–Crippen MR) is 68.0 cm³/mol. The molecule has 16 heavy (non-hydrogen) atoms. The summed E-state index contributed by atoms with van der Waals surface area (Å²) in [5.41, 5.74) is 3.26. The van der Waals surface area contributed by atoms with Crippen molar-refractivity contribution in [2.24, 2.45) is 0 Å². The highest BCUT2D eigenvalue weighted by Crippen LogP contribution is 2.16. The Hall–Kier alpha value is -1.62. The van der Waals surface area contributed by atoms with Gasteiger partial charge < -0.3 is 10.2 Å². The molecule has 0 amide bonds. The second-order valence-electron chi connectivity index (χ2n) is 3.69. The molecule has 0 radical (unpaired) electrons. The average Bonchev–Trinajstić information content (AvgIpc) is 2.80. The Labute approximate surface area is 99.1 Å². The fourth-order valence-corrected chi connectivity index (χ4v) is 1.78. The van der Waals surface area contributed by atoms with E-state index in [4.69, 9.17) is 0 Å². The van der Waals surface area contributed by atoms with Crippen molar-refractivity contribution in [3.05, 3.63) is 35.3 Å². The molecule has 1 heterocycles. The number of nitrogens with zero attached hydrogens (tertiary/aromatic N) is 3. The van der Waals surface area contributed by atoms with Crippen LogP contribution in [-0.4, -0.2) is 23.7 Å². The molecule has 0 spiro atoms.